The molecule has 0 bridgehead atoms. The molecule has 558 valence electrons. The molecule has 0 aliphatic carbocycles. The Bertz CT molecular complexity index is 5060. The van der Waals surface area contributed by atoms with E-state index in [1.165, 1.54) is 36.9 Å². The fraction of sp³-hybridized carbons (Fsp3) is 0.243. The molecule has 8 aromatic heterocycles. The van der Waals surface area contributed by atoms with Crippen LogP contribution in [-0.4, -0.2) is 149 Å². The summed E-state index contributed by atoms with van der Waals surface area (Å²) in [5, 5.41) is 39.9. The number of carboxylic acids is 1. The topological polar surface area (TPSA) is 408 Å². The molecule has 13 N–H and O–H groups in total. The summed E-state index contributed by atoms with van der Waals surface area (Å²) in [4.78, 5) is 161. The van der Waals surface area contributed by atoms with Crippen molar-refractivity contribution in [2.24, 2.45) is 0 Å². The van der Waals surface area contributed by atoms with Crippen molar-refractivity contribution in [3.8, 4) is 0 Å². The number of carboxylic acid groups (broad SMARTS) is 1. The van der Waals surface area contributed by atoms with Crippen LogP contribution in [0.4, 0.5) is 4.79 Å². The van der Waals surface area contributed by atoms with Gasteiger partial charge in [-0.3, -0.25) is 38.4 Å². The number of thiophene rings is 5. The van der Waals surface area contributed by atoms with E-state index >= 15 is 0 Å². The second-order valence-electron chi connectivity index (χ2n) is 24.7. The van der Waals surface area contributed by atoms with Crippen molar-refractivity contribution in [3.05, 3.63) is 217 Å². The Morgan fingerprint density at radius 1 is 0.411 bits per heavy atom. The number of esters is 2. The van der Waals surface area contributed by atoms with Crippen molar-refractivity contribution >= 4 is 161 Å². The Labute approximate surface area is 632 Å². The van der Waals surface area contributed by atoms with Crippen molar-refractivity contribution < 1.29 is 76.9 Å². The molecule has 3 aromatic carbocycles. The zero-order chi connectivity index (χ0) is 77.1. The molecule has 0 aliphatic heterocycles. The van der Waals surface area contributed by atoms with Crippen LogP contribution in [0.15, 0.2) is 145 Å². The van der Waals surface area contributed by atoms with Crippen molar-refractivity contribution in [1.82, 2.24) is 62.8 Å². The standard InChI is InChI=1S/C25H30N4O6S.C25H24N4O5S2.C24H22N4O5S2/c1-14-11-19(21(30)27-12-15-7-6-8-17-16(15)9-10-26-17)36-20(14)22(31)29-18(23(32)34-5)13-28-24(33)35-25(2,3)4;1-14-11-20(23(31)27-12-15-5-3-6-17-16(15)8-9-26-17)36-21(14)24(32)29-18(25(33)34-2)13-28-22(30)19-7-4-10-35-19;1-13-10-19(22(30)26-11-14-4-2-5-16-15(14)7-8-25-16)35-20(13)23(31)28-17(24(32)33)12-27-21(29)18-6-3-9-34-18/h6-11,18,26H,12-13H2,1-5H3,(H,27,30)(H,28,33)(H,29,31);3-11,18,26H,12-13H2,1-2H3,(H,27,31)(H,28,30)(H,29,32);2-10,17,25H,11-12H2,1H3,(H,26,30)(H,27,29)(H,28,31)(H,32,33)/t2*18-;17-/m000/s1. The lowest BCUT2D eigenvalue weighted by molar-refractivity contribution is -0.143. The molecule has 9 amide bonds. The average Bonchev–Trinajstić information content (AvgIpc) is 1.73. The molecule has 33 heteroatoms. The highest BCUT2D eigenvalue weighted by Crippen LogP contribution is 2.27. The van der Waals surface area contributed by atoms with Gasteiger partial charge in [0.05, 0.1) is 59.8 Å². The van der Waals surface area contributed by atoms with Crippen LogP contribution >= 0.6 is 56.7 Å². The van der Waals surface area contributed by atoms with Crippen LogP contribution in [0.25, 0.3) is 32.7 Å². The van der Waals surface area contributed by atoms with E-state index in [0.29, 0.717) is 65.6 Å². The number of aliphatic carboxylic acids is 1. The first-order valence-electron chi connectivity index (χ1n) is 32.9. The molecular formula is C74H76N12O16S5. The van der Waals surface area contributed by atoms with Crippen LogP contribution in [0.2, 0.25) is 0 Å². The molecule has 0 saturated heterocycles. The molecule has 8 heterocycles. The number of nitrogens with one attached hydrogen (secondary N) is 12. The van der Waals surface area contributed by atoms with Gasteiger partial charge in [-0.05, 0) is 152 Å². The number of alkyl carbamates (subject to hydrolysis) is 1. The van der Waals surface area contributed by atoms with E-state index < -0.39 is 71.4 Å². The number of benzene rings is 3. The number of methoxy groups -OCH3 is 2. The smallest absolute Gasteiger partial charge is 0.407 e. The van der Waals surface area contributed by atoms with Crippen molar-refractivity contribution in [2.75, 3.05) is 33.9 Å². The lowest BCUT2D eigenvalue weighted by atomic mass is 10.1. The van der Waals surface area contributed by atoms with E-state index in [2.05, 4.69) is 62.8 Å². The number of aryl methyl sites for hydroxylation is 3. The lowest BCUT2D eigenvalue weighted by Crippen LogP contribution is -2.49. The minimum absolute atomic E-state index is 0.141. The van der Waals surface area contributed by atoms with Crippen molar-refractivity contribution in [1.29, 1.82) is 0 Å². The number of rotatable bonds is 26. The van der Waals surface area contributed by atoms with Crippen LogP contribution in [0.3, 0.4) is 0 Å². The summed E-state index contributed by atoms with van der Waals surface area (Å²) in [6.45, 7) is 10.6. The molecule has 0 radical (unpaired) electrons. The van der Waals surface area contributed by atoms with E-state index in [0.717, 1.165) is 83.4 Å². The number of aromatic amines is 3. The highest BCUT2D eigenvalue weighted by Gasteiger charge is 2.30. The van der Waals surface area contributed by atoms with Crippen LogP contribution in [0, 0.1) is 20.8 Å². The minimum atomic E-state index is -1.33. The second kappa shape index (κ2) is 36.8. The van der Waals surface area contributed by atoms with E-state index in [-0.39, 0.29) is 53.0 Å². The highest BCUT2D eigenvalue weighted by atomic mass is 32.1. The third-order valence-corrected chi connectivity index (χ3v) is 21.3. The normalized spacial score (nSPS) is 11.8. The first-order chi connectivity index (χ1) is 51.2. The predicted molar refractivity (Wildman–Crippen MR) is 409 cm³/mol. The summed E-state index contributed by atoms with van der Waals surface area (Å²) in [6, 6.07) is 31.3. The lowest BCUT2D eigenvalue weighted by Gasteiger charge is -2.21. The fourth-order valence-corrected chi connectivity index (χ4v) is 14.8. The number of carbonyl (C=O) groups is 12. The summed E-state index contributed by atoms with van der Waals surface area (Å²) in [7, 11) is 2.39. The predicted octanol–water partition coefficient (Wildman–Crippen LogP) is 9.64. The summed E-state index contributed by atoms with van der Waals surface area (Å²) < 4.78 is 14.7. The molecule has 28 nitrogen and oxygen atoms in total. The van der Waals surface area contributed by atoms with Crippen LogP contribution in [-0.2, 0) is 48.2 Å². The van der Waals surface area contributed by atoms with E-state index in [4.69, 9.17) is 14.2 Å². The molecule has 0 spiro atoms. The molecule has 0 saturated carbocycles. The van der Waals surface area contributed by atoms with Crippen molar-refractivity contribution in [2.45, 2.75) is 84.9 Å². The fourth-order valence-electron chi connectivity index (χ4n) is 10.6. The van der Waals surface area contributed by atoms with Gasteiger partial charge in [0.25, 0.3) is 47.3 Å². The molecule has 11 rings (SSSR count). The average molecular weight is 1550 g/mol. The van der Waals surface area contributed by atoms with Crippen LogP contribution in [0.1, 0.15) is 132 Å². The first kappa shape index (κ1) is 79.3. The number of hydrogen-bond acceptors (Lipinski definition) is 20. The summed E-state index contributed by atoms with van der Waals surface area (Å²) in [5.74, 6) is -6.14. The Hall–Kier alpha value is -11.8. The Morgan fingerprint density at radius 3 is 1.06 bits per heavy atom. The van der Waals surface area contributed by atoms with Gasteiger partial charge >= 0.3 is 24.0 Å². The Kier molecular flexibility index (Phi) is 27.3. The number of amides is 9. The molecule has 0 aliphatic rings. The Balaban J connectivity index is 0.000000185. The van der Waals surface area contributed by atoms with Gasteiger partial charge in [0.2, 0.25) is 0 Å². The van der Waals surface area contributed by atoms with Gasteiger partial charge in [0, 0.05) is 84.0 Å². The van der Waals surface area contributed by atoms with Gasteiger partial charge in [-0.15, -0.1) is 56.7 Å². The van der Waals surface area contributed by atoms with Crippen LogP contribution in [0.5, 0.6) is 0 Å². The molecule has 107 heavy (non-hydrogen) atoms. The van der Waals surface area contributed by atoms with Gasteiger partial charge in [-0.1, -0.05) is 48.5 Å². The maximum Gasteiger partial charge on any atom is 0.407 e. The minimum Gasteiger partial charge on any atom is -0.480 e. The summed E-state index contributed by atoms with van der Waals surface area (Å²) in [6.07, 6.45) is 4.79. The second-order valence-corrected chi connectivity index (χ2v) is 29.8. The van der Waals surface area contributed by atoms with Gasteiger partial charge in [-0.2, -0.15) is 0 Å². The third-order valence-electron chi connectivity index (χ3n) is 15.9. The van der Waals surface area contributed by atoms with E-state index in [1.54, 1.807) is 94.8 Å². The number of H-pyrrole nitrogens is 3. The quantitative estimate of drug-likeness (QED) is 0.0177. The first-order valence-corrected chi connectivity index (χ1v) is 37.1. The number of fused-ring (bicyclic) bond motifs is 3. The number of carbonyl (C=O) groups excluding carboxylic acids is 11. The molecule has 0 fully saturated rings. The number of hydrogen-bond donors (Lipinski definition) is 13. The third kappa shape index (κ3) is 21.5. The van der Waals surface area contributed by atoms with Crippen LogP contribution < -0.4 is 47.9 Å². The Morgan fingerprint density at radius 2 is 0.738 bits per heavy atom. The number of ether oxygens (including phenoxy) is 3. The zero-order valence-corrected chi connectivity index (χ0v) is 63.0. The molecule has 3 atom stereocenters. The summed E-state index contributed by atoms with van der Waals surface area (Å²) >= 11 is 5.52. The zero-order valence-electron chi connectivity index (χ0n) is 58.9. The SMILES string of the molecule is COC(=O)[C@H](CNC(=O)OC(C)(C)C)NC(=O)c1sc(C(=O)NCc2cccc3[nH]ccc23)cc1C.COC(=O)[C@H](CNC(=O)c1cccs1)NC(=O)c1sc(C(=O)NCc2cccc3[nH]ccc23)cc1C.Cc1cc(C(=O)NCc2cccc3[nH]ccc23)sc1C(=O)N[C@@H](CNC(=O)c1cccs1)C(=O)O. The molecule has 11 aromatic rings. The molecular weight excluding hydrogens is 1470 g/mol. The summed E-state index contributed by atoms with van der Waals surface area (Å²) in [5.41, 5.74) is 6.85. The van der Waals surface area contributed by atoms with Gasteiger partial charge in [-0.25, -0.2) is 19.2 Å². The van der Waals surface area contributed by atoms with Gasteiger partial charge < -0.3 is 82.1 Å². The van der Waals surface area contributed by atoms with Gasteiger partial charge in [0.1, 0.15) is 23.7 Å². The molecule has 0 unspecified atom stereocenters. The van der Waals surface area contributed by atoms with E-state index in [1.807, 2.05) is 91.4 Å². The maximum absolute atomic E-state index is 12.9. The monoisotopic (exact) mass is 1550 g/mol. The van der Waals surface area contributed by atoms with E-state index in [9.17, 15) is 62.6 Å². The van der Waals surface area contributed by atoms with Crippen molar-refractivity contribution in [3.63, 3.8) is 0 Å². The maximum atomic E-state index is 12.9. The number of aromatic nitrogens is 3. The van der Waals surface area contributed by atoms with Gasteiger partial charge in [0.15, 0.2) is 0 Å². The largest absolute Gasteiger partial charge is 0.480 e. The highest BCUT2D eigenvalue weighted by molar-refractivity contribution is 7.17.